The van der Waals surface area contributed by atoms with Crippen LogP contribution in [0.4, 0.5) is 13.2 Å². The molecule has 1 aliphatic heterocycles. The van der Waals surface area contributed by atoms with E-state index < -0.39 is 29.7 Å². The standard InChI is InChI=1S/C31H23Cl2F3N2O3/c32-22-10-7-20(27(33)16-22)17-38-14-13-19-15-23(11-12-25(19)28(38)29(37)39)41-30(40)26-4-2-1-3-24(26)18-5-8-21(9-6-18)31(34,35)36/h1-12,15-16,28H,13-14,17H2,(H2,37,39). The molecule has 41 heavy (non-hydrogen) atoms. The lowest BCUT2D eigenvalue weighted by atomic mass is 9.91. The summed E-state index contributed by atoms with van der Waals surface area (Å²) < 4.78 is 44.7. The number of carbonyl (C=O) groups is 2. The number of ether oxygens (including phenoxy) is 1. The first-order valence-electron chi connectivity index (χ1n) is 12.6. The summed E-state index contributed by atoms with van der Waals surface area (Å²) in [6, 6.07) is 20.6. The summed E-state index contributed by atoms with van der Waals surface area (Å²) in [6.45, 7) is 0.897. The topological polar surface area (TPSA) is 72.6 Å². The lowest BCUT2D eigenvalue weighted by molar-refractivity contribution is -0.137. The Bertz CT molecular complexity index is 1620. The molecule has 10 heteroatoms. The normalized spacial score (nSPS) is 15.3. The molecule has 0 spiro atoms. The molecule has 0 aliphatic carbocycles. The fourth-order valence-corrected chi connectivity index (χ4v) is 5.47. The van der Waals surface area contributed by atoms with E-state index in [-0.39, 0.29) is 11.3 Å². The summed E-state index contributed by atoms with van der Waals surface area (Å²) in [5, 5.41) is 1.00. The Morgan fingerprint density at radius 1 is 0.951 bits per heavy atom. The average molecular weight is 599 g/mol. The second-order valence-electron chi connectivity index (χ2n) is 9.63. The molecule has 4 aromatic carbocycles. The lowest BCUT2D eigenvalue weighted by Crippen LogP contribution is -2.42. The number of hydrogen-bond donors (Lipinski definition) is 1. The molecule has 0 radical (unpaired) electrons. The van der Waals surface area contributed by atoms with Gasteiger partial charge in [-0.05, 0) is 76.7 Å². The van der Waals surface area contributed by atoms with Crippen LogP contribution in [0, 0.1) is 0 Å². The first kappa shape index (κ1) is 28.7. The van der Waals surface area contributed by atoms with Gasteiger partial charge in [0.05, 0.1) is 11.1 Å². The average Bonchev–Trinajstić information content (AvgIpc) is 2.93. The summed E-state index contributed by atoms with van der Waals surface area (Å²) in [6.07, 6.45) is -3.89. The molecule has 1 heterocycles. The summed E-state index contributed by atoms with van der Waals surface area (Å²) in [4.78, 5) is 27.6. The molecule has 2 N–H and O–H groups in total. The molecule has 1 atom stereocenters. The monoisotopic (exact) mass is 598 g/mol. The molecule has 5 nitrogen and oxygen atoms in total. The third-order valence-corrected chi connectivity index (χ3v) is 7.57. The van der Waals surface area contributed by atoms with Gasteiger partial charge in [-0.1, -0.05) is 65.7 Å². The first-order chi connectivity index (χ1) is 19.5. The van der Waals surface area contributed by atoms with Crippen LogP contribution in [0.15, 0.2) is 84.9 Å². The van der Waals surface area contributed by atoms with Gasteiger partial charge in [0.1, 0.15) is 11.8 Å². The molecular weight excluding hydrogens is 576 g/mol. The number of rotatable bonds is 6. The van der Waals surface area contributed by atoms with Crippen LogP contribution in [-0.4, -0.2) is 23.3 Å². The number of esters is 1. The second-order valence-corrected chi connectivity index (χ2v) is 10.5. The van der Waals surface area contributed by atoms with E-state index >= 15 is 0 Å². The van der Waals surface area contributed by atoms with E-state index in [1.54, 1.807) is 54.6 Å². The van der Waals surface area contributed by atoms with Gasteiger partial charge in [0.15, 0.2) is 0 Å². The summed E-state index contributed by atoms with van der Waals surface area (Å²) in [7, 11) is 0. The van der Waals surface area contributed by atoms with Gasteiger partial charge >= 0.3 is 12.1 Å². The predicted molar refractivity (Wildman–Crippen MR) is 151 cm³/mol. The van der Waals surface area contributed by atoms with E-state index in [4.69, 9.17) is 33.7 Å². The summed E-state index contributed by atoms with van der Waals surface area (Å²) in [5.41, 5.74) is 8.44. The third-order valence-electron chi connectivity index (χ3n) is 6.98. The van der Waals surface area contributed by atoms with E-state index in [1.165, 1.54) is 12.1 Å². The van der Waals surface area contributed by atoms with Crippen molar-refractivity contribution in [1.29, 1.82) is 0 Å². The van der Waals surface area contributed by atoms with Crippen molar-refractivity contribution in [3.8, 4) is 16.9 Å². The Kier molecular flexibility index (Phi) is 8.09. The molecule has 0 aromatic heterocycles. The third kappa shape index (κ3) is 6.25. The minimum Gasteiger partial charge on any atom is -0.423 e. The van der Waals surface area contributed by atoms with Crippen LogP contribution in [0.1, 0.15) is 38.7 Å². The van der Waals surface area contributed by atoms with Crippen LogP contribution in [0.5, 0.6) is 5.75 Å². The van der Waals surface area contributed by atoms with Gasteiger partial charge in [-0.15, -0.1) is 0 Å². The highest BCUT2D eigenvalue weighted by Gasteiger charge is 2.33. The van der Waals surface area contributed by atoms with Crippen LogP contribution < -0.4 is 10.5 Å². The molecule has 0 saturated heterocycles. The van der Waals surface area contributed by atoms with E-state index in [1.807, 2.05) is 11.0 Å². The fourth-order valence-electron chi connectivity index (χ4n) is 5.00. The Morgan fingerprint density at radius 3 is 2.37 bits per heavy atom. The Balaban J connectivity index is 1.37. The van der Waals surface area contributed by atoms with Crippen LogP contribution >= 0.6 is 23.2 Å². The van der Waals surface area contributed by atoms with Gasteiger partial charge in [0, 0.05) is 23.1 Å². The Morgan fingerprint density at radius 2 is 1.68 bits per heavy atom. The van der Waals surface area contributed by atoms with Crippen molar-refractivity contribution in [3.05, 3.63) is 123 Å². The molecule has 0 fully saturated rings. The number of nitrogens with two attached hydrogens (primary N) is 1. The SMILES string of the molecule is NC(=O)C1c2ccc(OC(=O)c3ccccc3-c3ccc(C(F)(F)F)cc3)cc2CCN1Cc1ccc(Cl)cc1Cl. The Labute approximate surface area is 244 Å². The van der Waals surface area contributed by atoms with Gasteiger partial charge in [-0.25, -0.2) is 4.79 Å². The molecule has 0 bridgehead atoms. The molecule has 1 aliphatic rings. The summed E-state index contributed by atoms with van der Waals surface area (Å²) in [5.74, 6) is -0.915. The number of carbonyl (C=O) groups excluding carboxylic acids is 2. The lowest BCUT2D eigenvalue weighted by Gasteiger charge is -2.35. The number of primary amides is 1. The molecule has 210 valence electrons. The molecule has 4 aromatic rings. The van der Waals surface area contributed by atoms with Crippen LogP contribution in [0.2, 0.25) is 10.0 Å². The zero-order valence-electron chi connectivity index (χ0n) is 21.4. The number of fused-ring (bicyclic) bond motifs is 1. The molecular formula is C31H23Cl2F3N2O3. The zero-order chi connectivity index (χ0) is 29.3. The number of alkyl halides is 3. The zero-order valence-corrected chi connectivity index (χ0v) is 22.9. The minimum absolute atomic E-state index is 0.200. The molecule has 5 rings (SSSR count). The van der Waals surface area contributed by atoms with Crippen molar-refractivity contribution in [1.82, 2.24) is 4.90 Å². The maximum Gasteiger partial charge on any atom is 0.416 e. The highest BCUT2D eigenvalue weighted by atomic mass is 35.5. The molecule has 1 unspecified atom stereocenters. The van der Waals surface area contributed by atoms with Crippen LogP contribution in [-0.2, 0) is 23.9 Å². The molecule has 0 saturated carbocycles. The minimum atomic E-state index is -4.46. The van der Waals surface area contributed by atoms with Crippen molar-refractivity contribution < 1.29 is 27.5 Å². The maximum atomic E-state index is 13.2. The van der Waals surface area contributed by atoms with E-state index in [9.17, 15) is 22.8 Å². The highest BCUT2D eigenvalue weighted by molar-refractivity contribution is 6.35. The van der Waals surface area contributed by atoms with E-state index in [0.717, 1.165) is 23.3 Å². The first-order valence-corrected chi connectivity index (χ1v) is 13.4. The largest absolute Gasteiger partial charge is 0.423 e. The maximum absolute atomic E-state index is 13.2. The van der Waals surface area contributed by atoms with Crippen molar-refractivity contribution in [2.45, 2.75) is 25.2 Å². The fraction of sp³-hybridized carbons (Fsp3) is 0.161. The summed E-state index contributed by atoms with van der Waals surface area (Å²) >= 11 is 12.4. The predicted octanol–water partition coefficient (Wildman–Crippen LogP) is 7.48. The van der Waals surface area contributed by atoms with Crippen molar-refractivity contribution >= 4 is 35.1 Å². The number of hydrogen-bond acceptors (Lipinski definition) is 4. The van der Waals surface area contributed by atoms with Gasteiger partial charge < -0.3 is 10.5 Å². The van der Waals surface area contributed by atoms with Crippen LogP contribution in [0.25, 0.3) is 11.1 Å². The van der Waals surface area contributed by atoms with Crippen LogP contribution in [0.3, 0.4) is 0 Å². The van der Waals surface area contributed by atoms with Crippen molar-refractivity contribution in [3.63, 3.8) is 0 Å². The van der Waals surface area contributed by atoms with Gasteiger partial charge in [0.25, 0.3) is 0 Å². The number of halogens is 5. The van der Waals surface area contributed by atoms with Gasteiger partial charge in [-0.3, -0.25) is 9.69 Å². The van der Waals surface area contributed by atoms with Gasteiger partial charge in [-0.2, -0.15) is 13.2 Å². The van der Waals surface area contributed by atoms with E-state index in [2.05, 4.69) is 0 Å². The van der Waals surface area contributed by atoms with Crippen molar-refractivity contribution in [2.75, 3.05) is 6.54 Å². The highest BCUT2D eigenvalue weighted by Crippen LogP contribution is 2.36. The number of nitrogens with zero attached hydrogens (tertiary/aromatic N) is 1. The van der Waals surface area contributed by atoms with Gasteiger partial charge in [0.2, 0.25) is 5.91 Å². The number of benzene rings is 4. The quantitative estimate of drug-likeness (QED) is 0.184. The smallest absolute Gasteiger partial charge is 0.416 e. The van der Waals surface area contributed by atoms with E-state index in [0.29, 0.717) is 46.2 Å². The Hall–Kier alpha value is -3.85. The van der Waals surface area contributed by atoms with Crippen molar-refractivity contribution in [2.24, 2.45) is 5.73 Å². The number of amides is 1. The molecule has 1 amide bonds. The second kappa shape index (κ2) is 11.6.